The summed E-state index contributed by atoms with van der Waals surface area (Å²) in [5.74, 6) is 0.608. The molecule has 9 heteroatoms. The Balaban J connectivity index is 1.47. The summed E-state index contributed by atoms with van der Waals surface area (Å²) in [7, 11) is 0. The van der Waals surface area contributed by atoms with Crippen molar-refractivity contribution in [2.24, 2.45) is 0 Å². The number of benzene rings is 1. The van der Waals surface area contributed by atoms with Gasteiger partial charge in [-0.2, -0.15) is 0 Å². The number of fused-ring (bicyclic) bond motifs is 1. The van der Waals surface area contributed by atoms with Crippen molar-refractivity contribution in [3.05, 3.63) is 40.6 Å². The SMILES string of the molecule is Cc1csc(-c2[nH]c(CNC(=O)[C@@H]3CCCO3)nc2-c2ccc3ncsc3c2)n1. The fraction of sp³-hybridized carbons (Fsp3) is 0.300. The third-order valence-electron chi connectivity index (χ3n) is 4.84. The molecule has 0 saturated carbocycles. The van der Waals surface area contributed by atoms with Gasteiger partial charge in [-0.25, -0.2) is 15.0 Å². The van der Waals surface area contributed by atoms with Gasteiger partial charge in [-0.15, -0.1) is 22.7 Å². The maximum absolute atomic E-state index is 12.3. The van der Waals surface area contributed by atoms with Crippen molar-refractivity contribution in [1.29, 1.82) is 0 Å². The molecular formula is C20H19N5O2S2. The molecule has 1 aliphatic heterocycles. The third-order valence-corrected chi connectivity index (χ3v) is 6.61. The number of aryl methyl sites for hydroxylation is 1. The van der Waals surface area contributed by atoms with E-state index in [2.05, 4.69) is 26.3 Å². The largest absolute Gasteiger partial charge is 0.368 e. The first-order chi connectivity index (χ1) is 14.2. The average molecular weight is 426 g/mol. The minimum atomic E-state index is -0.348. The van der Waals surface area contributed by atoms with Gasteiger partial charge in [0.05, 0.1) is 28.0 Å². The van der Waals surface area contributed by atoms with Crippen LogP contribution in [0.1, 0.15) is 24.4 Å². The van der Waals surface area contributed by atoms with Crippen LogP contribution in [0.25, 0.3) is 32.2 Å². The lowest BCUT2D eigenvalue weighted by atomic mass is 10.1. The summed E-state index contributed by atoms with van der Waals surface area (Å²) in [6, 6.07) is 6.13. The van der Waals surface area contributed by atoms with E-state index in [4.69, 9.17) is 9.72 Å². The molecule has 0 aliphatic carbocycles. The minimum Gasteiger partial charge on any atom is -0.368 e. The van der Waals surface area contributed by atoms with E-state index >= 15 is 0 Å². The molecule has 1 saturated heterocycles. The van der Waals surface area contributed by atoms with Crippen LogP contribution < -0.4 is 5.32 Å². The maximum Gasteiger partial charge on any atom is 0.249 e. The summed E-state index contributed by atoms with van der Waals surface area (Å²) < 4.78 is 6.56. The molecule has 148 valence electrons. The van der Waals surface area contributed by atoms with Crippen molar-refractivity contribution in [3.8, 4) is 22.0 Å². The van der Waals surface area contributed by atoms with Crippen LogP contribution in [-0.2, 0) is 16.1 Å². The second kappa shape index (κ2) is 7.66. The second-order valence-electron chi connectivity index (χ2n) is 6.96. The number of ether oxygens (including phenoxy) is 1. The normalized spacial score (nSPS) is 16.5. The standard InChI is InChI=1S/C20H19N5O2S2/c1-11-9-28-20(23-11)18-17(12-4-5-13-15(7-12)29-10-22-13)24-16(25-18)8-21-19(26)14-3-2-6-27-14/h4-5,7,9-10,14H,2-3,6,8H2,1H3,(H,21,26)(H,24,25)/t14-/m0/s1. The molecular weight excluding hydrogens is 406 g/mol. The van der Waals surface area contributed by atoms with Gasteiger partial charge in [-0.05, 0) is 31.9 Å². The van der Waals surface area contributed by atoms with Gasteiger partial charge in [-0.3, -0.25) is 4.79 Å². The number of nitrogens with one attached hydrogen (secondary N) is 2. The molecule has 1 amide bonds. The number of hydrogen-bond donors (Lipinski definition) is 2. The number of amides is 1. The van der Waals surface area contributed by atoms with Crippen LogP contribution >= 0.6 is 22.7 Å². The Labute approximate surface area is 175 Å². The highest BCUT2D eigenvalue weighted by Crippen LogP contribution is 2.34. The zero-order chi connectivity index (χ0) is 19.8. The molecule has 1 fully saturated rings. The average Bonchev–Trinajstić information content (AvgIpc) is 3.52. The molecule has 0 radical (unpaired) electrons. The molecule has 1 aromatic carbocycles. The minimum absolute atomic E-state index is 0.0850. The number of thiazole rings is 2. The number of H-pyrrole nitrogens is 1. The van der Waals surface area contributed by atoms with Crippen LogP contribution in [0.3, 0.4) is 0 Å². The lowest BCUT2D eigenvalue weighted by Crippen LogP contribution is -2.33. The predicted octanol–water partition coefficient (Wildman–Crippen LogP) is 3.91. The summed E-state index contributed by atoms with van der Waals surface area (Å²) in [4.78, 5) is 29.4. The first-order valence-corrected chi connectivity index (χ1v) is 11.2. The van der Waals surface area contributed by atoms with Crippen molar-refractivity contribution >= 4 is 38.8 Å². The lowest BCUT2D eigenvalue weighted by molar-refractivity contribution is -0.130. The van der Waals surface area contributed by atoms with Gasteiger partial charge in [0.25, 0.3) is 0 Å². The number of carbonyl (C=O) groups is 1. The highest BCUT2D eigenvalue weighted by atomic mass is 32.1. The van der Waals surface area contributed by atoms with Gasteiger partial charge in [0.1, 0.15) is 22.6 Å². The number of aromatic amines is 1. The number of hydrogen-bond acceptors (Lipinski definition) is 7. The van der Waals surface area contributed by atoms with Crippen LogP contribution in [0.5, 0.6) is 0 Å². The van der Waals surface area contributed by atoms with E-state index < -0.39 is 0 Å². The van der Waals surface area contributed by atoms with Gasteiger partial charge in [0.15, 0.2) is 0 Å². The molecule has 0 bridgehead atoms. The van der Waals surface area contributed by atoms with Crippen LogP contribution in [0.4, 0.5) is 0 Å². The molecule has 4 heterocycles. The molecule has 7 nitrogen and oxygen atoms in total. The molecule has 4 aromatic rings. The number of imidazole rings is 1. The Morgan fingerprint density at radius 2 is 2.28 bits per heavy atom. The molecule has 1 atom stereocenters. The molecule has 29 heavy (non-hydrogen) atoms. The number of carbonyl (C=O) groups excluding carboxylic acids is 1. The first-order valence-electron chi connectivity index (χ1n) is 9.42. The summed E-state index contributed by atoms with van der Waals surface area (Å²) in [5, 5.41) is 5.83. The van der Waals surface area contributed by atoms with Crippen LogP contribution in [0.2, 0.25) is 0 Å². The highest BCUT2D eigenvalue weighted by molar-refractivity contribution is 7.16. The van der Waals surface area contributed by atoms with Crippen LogP contribution in [-0.4, -0.2) is 38.6 Å². The van der Waals surface area contributed by atoms with Gasteiger partial charge in [0.2, 0.25) is 5.91 Å². The Kier molecular flexibility index (Phi) is 4.86. The highest BCUT2D eigenvalue weighted by Gasteiger charge is 2.24. The summed E-state index contributed by atoms with van der Waals surface area (Å²) in [6.07, 6.45) is 1.35. The topological polar surface area (TPSA) is 92.8 Å². The molecule has 3 aromatic heterocycles. The van der Waals surface area contributed by atoms with E-state index in [0.717, 1.165) is 50.7 Å². The Hall–Kier alpha value is -2.62. The second-order valence-corrected chi connectivity index (χ2v) is 8.70. The van der Waals surface area contributed by atoms with E-state index in [0.29, 0.717) is 19.0 Å². The molecule has 0 unspecified atom stereocenters. The maximum atomic E-state index is 12.3. The van der Waals surface area contributed by atoms with E-state index in [9.17, 15) is 4.79 Å². The first kappa shape index (κ1) is 18.4. The summed E-state index contributed by atoms with van der Waals surface area (Å²) in [6.45, 7) is 2.94. The number of rotatable bonds is 5. The van der Waals surface area contributed by atoms with Crippen molar-refractivity contribution in [2.45, 2.75) is 32.4 Å². The van der Waals surface area contributed by atoms with Gasteiger partial charge in [0, 0.05) is 23.2 Å². The Morgan fingerprint density at radius 1 is 1.34 bits per heavy atom. The van der Waals surface area contributed by atoms with E-state index in [1.165, 1.54) is 0 Å². The number of nitrogens with zero attached hydrogens (tertiary/aromatic N) is 3. The van der Waals surface area contributed by atoms with E-state index in [-0.39, 0.29) is 12.0 Å². The fourth-order valence-corrected chi connectivity index (χ4v) is 4.92. The zero-order valence-corrected chi connectivity index (χ0v) is 17.4. The third kappa shape index (κ3) is 3.68. The smallest absolute Gasteiger partial charge is 0.249 e. The summed E-state index contributed by atoms with van der Waals surface area (Å²) >= 11 is 3.18. The van der Waals surface area contributed by atoms with Gasteiger partial charge >= 0.3 is 0 Å². The van der Waals surface area contributed by atoms with Crippen LogP contribution in [0, 0.1) is 6.92 Å². The van der Waals surface area contributed by atoms with Crippen molar-refractivity contribution in [1.82, 2.24) is 25.3 Å². The predicted molar refractivity (Wildman–Crippen MR) is 114 cm³/mol. The summed E-state index contributed by atoms with van der Waals surface area (Å²) in [5.41, 5.74) is 6.49. The fourth-order valence-electron chi connectivity index (χ4n) is 3.41. The Bertz CT molecular complexity index is 1170. The van der Waals surface area contributed by atoms with Gasteiger partial charge in [-0.1, -0.05) is 6.07 Å². The quantitative estimate of drug-likeness (QED) is 0.506. The van der Waals surface area contributed by atoms with Crippen LogP contribution in [0.15, 0.2) is 29.1 Å². The van der Waals surface area contributed by atoms with E-state index in [1.54, 1.807) is 22.7 Å². The van der Waals surface area contributed by atoms with Gasteiger partial charge < -0.3 is 15.0 Å². The van der Waals surface area contributed by atoms with Crippen molar-refractivity contribution < 1.29 is 9.53 Å². The monoisotopic (exact) mass is 425 g/mol. The molecule has 0 spiro atoms. The van der Waals surface area contributed by atoms with Crippen molar-refractivity contribution in [3.63, 3.8) is 0 Å². The molecule has 2 N–H and O–H groups in total. The van der Waals surface area contributed by atoms with E-state index in [1.807, 2.05) is 29.9 Å². The molecule has 5 rings (SSSR count). The lowest BCUT2D eigenvalue weighted by Gasteiger charge is -2.08. The number of aromatic nitrogens is 4. The molecule has 1 aliphatic rings. The zero-order valence-electron chi connectivity index (χ0n) is 15.8. The Morgan fingerprint density at radius 3 is 3.07 bits per heavy atom. The van der Waals surface area contributed by atoms with Crippen molar-refractivity contribution in [2.75, 3.05) is 6.61 Å².